The molecule has 0 saturated carbocycles. The van der Waals surface area contributed by atoms with E-state index in [1.165, 1.54) is 35.6 Å². The van der Waals surface area contributed by atoms with Crippen molar-refractivity contribution in [3.8, 4) is 0 Å². The average Bonchev–Trinajstić information content (AvgIpc) is 3.37. The number of aryl methyl sites for hydroxylation is 2. The zero-order valence-electron chi connectivity index (χ0n) is 18.1. The molecule has 0 aliphatic carbocycles. The predicted octanol–water partition coefficient (Wildman–Crippen LogP) is 3.84. The molecule has 0 aliphatic rings. The molecule has 0 bridgehead atoms. The number of carbonyl (C=O) groups excluding carboxylic acids is 1. The van der Waals surface area contributed by atoms with Crippen molar-refractivity contribution in [2.75, 3.05) is 16.3 Å². The summed E-state index contributed by atoms with van der Waals surface area (Å²) in [4.78, 5) is 21.3. The molecule has 4 rings (SSSR count). The molecule has 0 fully saturated rings. The van der Waals surface area contributed by atoms with Crippen molar-refractivity contribution in [1.29, 1.82) is 0 Å². The van der Waals surface area contributed by atoms with E-state index in [2.05, 4.69) is 20.0 Å². The highest BCUT2D eigenvalue weighted by molar-refractivity contribution is 7.93. The number of aromatic nitrogens is 2. The summed E-state index contributed by atoms with van der Waals surface area (Å²) in [5, 5.41) is 5.01. The Morgan fingerprint density at radius 3 is 2.38 bits per heavy atom. The minimum Gasteiger partial charge on any atom is -0.302 e. The van der Waals surface area contributed by atoms with Gasteiger partial charge in [0.05, 0.1) is 25.7 Å². The Kier molecular flexibility index (Phi) is 6.71. The third kappa shape index (κ3) is 5.78. The number of fused-ring (bicyclic) bond motifs is 1. The SMILES string of the molecule is Cc1ccc(S(=O)(=O)Nc2nc(CCC(=O)Nc3nc4ccc(S(C)(=O)=O)cc4s3)cs2)cc1. The molecule has 0 unspecified atom stereocenters. The van der Waals surface area contributed by atoms with E-state index in [1.807, 2.05) is 6.92 Å². The van der Waals surface area contributed by atoms with Gasteiger partial charge in [-0.1, -0.05) is 29.0 Å². The summed E-state index contributed by atoms with van der Waals surface area (Å²) in [6.07, 6.45) is 1.57. The number of anilines is 2. The highest BCUT2D eigenvalue weighted by atomic mass is 32.2. The van der Waals surface area contributed by atoms with E-state index in [-0.39, 0.29) is 27.3 Å². The minimum atomic E-state index is -3.74. The quantitative estimate of drug-likeness (QED) is 0.349. The highest BCUT2D eigenvalue weighted by Gasteiger charge is 2.17. The van der Waals surface area contributed by atoms with Crippen LogP contribution in [0.2, 0.25) is 0 Å². The van der Waals surface area contributed by atoms with Crippen LogP contribution in [0, 0.1) is 6.92 Å². The van der Waals surface area contributed by atoms with Crippen molar-refractivity contribution in [2.24, 2.45) is 0 Å². The molecule has 4 aromatic rings. The zero-order valence-corrected chi connectivity index (χ0v) is 21.4. The Morgan fingerprint density at radius 2 is 1.68 bits per heavy atom. The van der Waals surface area contributed by atoms with Crippen LogP contribution in [0.3, 0.4) is 0 Å². The topological polar surface area (TPSA) is 135 Å². The third-order valence-corrected chi connectivity index (χ3v) is 9.08. The lowest BCUT2D eigenvalue weighted by atomic mass is 10.2. The van der Waals surface area contributed by atoms with Crippen LogP contribution in [0.1, 0.15) is 17.7 Å². The van der Waals surface area contributed by atoms with E-state index in [0.717, 1.165) is 23.2 Å². The Bertz CT molecular complexity index is 1570. The maximum absolute atomic E-state index is 12.5. The van der Waals surface area contributed by atoms with Gasteiger partial charge in [-0.25, -0.2) is 26.8 Å². The van der Waals surface area contributed by atoms with E-state index in [1.54, 1.807) is 23.6 Å². The molecule has 178 valence electrons. The van der Waals surface area contributed by atoms with Crippen molar-refractivity contribution < 1.29 is 21.6 Å². The van der Waals surface area contributed by atoms with Crippen LogP contribution >= 0.6 is 22.7 Å². The number of carbonyl (C=O) groups is 1. The molecule has 2 aromatic carbocycles. The molecule has 2 aromatic heterocycles. The molecule has 13 heteroatoms. The van der Waals surface area contributed by atoms with E-state index in [9.17, 15) is 21.6 Å². The smallest absolute Gasteiger partial charge is 0.263 e. The van der Waals surface area contributed by atoms with Crippen LogP contribution in [-0.2, 0) is 31.1 Å². The van der Waals surface area contributed by atoms with Crippen LogP contribution in [0.15, 0.2) is 57.6 Å². The van der Waals surface area contributed by atoms with Gasteiger partial charge in [0.15, 0.2) is 20.1 Å². The summed E-state index contributed by atoms with van der Waals surface area (Å²) in [5.74, 6) is -0.280. The number of nitrogens with one attached hydrogen (secondary N) is 2. The van der Waals surface area contributed by atoms with Crippen LogP contribution in [0.5, 0.6) is 0 Å². The molecule has 0 atom stereocenters. The molecule has 9 nitrogen and oxygen atoms in total. The van der Waals surface area contributed by atoms with Crippen molar-refractivity contribution in [1.82, 2.24) is 9.97 Å². The lowest BCUT2D eigenvalue weighted by Gasteiger charge is -2.05. The molecular formula is C21H20N4O5S4. The Morgan fingerprint density at radius 1 is 0.971 bits per heavy atom. The van der Waals surface area contributed by atoms with Gasteiger partial charge in [0, 0.05) is 18.1 Å². The second-order valence-corrected chi connectivity index (χ2v) is 13.1. The number of nitrogens with zero attached hydrogens (tertiary/aromatic N) is 2. The fourth-order valence-electron chi connectivity index (χ4n) is 2.97. The Hall–Kier alpha value is -2.87. The first-order chi connectivity index (χ1) is 16.0. The van der Waals surface area contributed by atoms with E-state index < -0.39 is 19.9 Å². The van der Waals surface area contributed by atoms with Gasteiger partial charge in [-0.3, -0.25) is 9.52 Å². The Balaban J connectivity index is 1.35. The van der Waals surface area contributed by atoms with Crippen molar-refractivity contribution in [3.05, 3.63) is 59.1 Å². The fourth-order valence-corrected chi connectivity index (χ4v) is 6.61. The maximum Gasteiger partial charge on any atom is 0.263 e. The summed E-state index contributed by atoms with van der Waals surface area (Å²) >= 11 is 2.33. The number of sulfonamides is 1. The molecule has 1 amide bonds. The van der Waals surface area contributed by atoms with Crippen LogP contribution in [0.25, 0.3) is 10.2 Å². The zero-order chi connectivity index (χ0) is 24.5. The first kappa shape index (κ1) is 24.3. The molecule has 0 saturated heterocycles. The van der Waals surface area contributed by atoms with Crippen LogP contribution < -0.4 is 10.0 Å². The van der Waals surface area contributed by atoms with E-state index >= 15 is 0 Å². The summed E-state index contributed by atoms with van der Waals surface area (Å²) < 4.78 is 51.5. The number of amides is 1. The first-order valence-electron chi connectivity index (χ1n) is 9.94. The van der Waals surface area contributed by atoms with Crippen molar-refractivity contribution in [2.45, 2.75) is 29.6 Å². The average molecular weight is 537 g/mol. The van der Waals surface area contributed by atoms with Gasteiger partial charge in [-0.2, -0.15) is 0 Å². The number of sulfone groups is 1. The van der Waals surface area contributed by atoms with Gasteiger partial charge >= 0.3 is 0 Å². The van der Waals surface area contributed by atoms with Gasteiger partial charge in [0.2, 0.25) is 5.91 Å². The van der Waals surface area contributed by atoms with Crippen molar-refractivity contribution in [3.63, 3.8) is 0 Å². The molecule has 0 radical (unpaired) electrons. The normalized spacial score (nSPS) is 12.1. The van der Waals surface area contributed by atoms with Crippen LogP contribution in [0.4, 0.5) is 10.3 Å². The molecular weight excluding hydrogens is 517 g/mol. The number of hydrogen-bond acceptors (Lipinski definition) is 9. The second kappa shape index (κ2) is 9.41. The van der Waals surface area contributed by atoms with Gasteiger partial charge in [-0.05, 0) is 43.7 Å². The largest absolute Gasteiger partial charge is 0.302 e. The monoisotopic (exact) mass is 536 g/mol. The Labute approximate surface area is 204 Å². The lowest BCUT2D eigenvalue weighted by molar-refractivity contribution is -0.116. The van der Waals surface area contributed by atoms with Gasteiger partial charge < -0.3 is 5.32 Å². The number of thiazole rings is 2. The molecule has 2 heterocycles. The fraction of sp³-hybridized carbons (Fsp3) is 0.190. The van der Waals surface area contributed by atoms with Gasteiger partial charge in [-0.15, -0.1) is 11.3 Å². The first-order valence-corrected chi connectivity index (χ1v) is 15.0. The summed E-state index contributed by atoms with van der Waals surface area (Å²) in [5.41, 5.74) is 2.14. The minimum absolute atomic E-state index is 0.123. The molecule has 0 aliphatic heterocycles. The maximum atomic E-state index is 12.5. The van der Waals surface area contributed by atoms with Gasteiger partial charge in [0.25, 0.3) is 10.0 Å². The molecule has 34 heavy (non-hydrogen) atoms. The van der Waals surface area contributed by atoms with Gasteiger partial charge in [0.1, 0.15) is 0 Å². The number of hydrogen-bond donors (Lipinski definition) is 2. The number of rotatable bonds is 8. The van der Waals surface area contributed by atoms with Crippen LogP contribution in [-0.4, -0.2) is 39.0 Å². The standard InChI is InChI=1S/C21H20N4O5S4/c1-13-3-6-15(7-4-13)34(29,30)25-21-22-14(12-31-21)5-10-19(26)24-20-23-17-9-8-16(33(2,27)28)11-18(17)32-20/h3-4,6-9,11-12H,5,10H2,1-2H3,(H,22,25)(H,23,24,26). The molecule has 2 N–H and O–H groups in total. The summed E-state index contributed by atoms with van der Waals surface area (Å²) in [6.45, 7) is 1.87. The lowest BCUT2D eigenvalue weighted by Crippen LogP contribution is -2.13. The van der Waals surface area contributed by atoms with E-state index in [0.29, 0.717) is 27.5 Å². The van der Waals surface area contributed by atoms with E-state index in [4.69, 9.17) is 0 Å². The predicted molar refractivity (Wildman–Crippen MR) is 134 cm³/mol. The third-order valence-electron chi connectivity index (χ3n) is 4.75. The highest BCUT2D eigenvalue weighted by Crippen LogP contribution is 2.28. The number of benzene rings is 2. The molecule has 0 spiro atoms. The summed E-state index contributed by atoms with van der Waals surface area (Å²) in [6, 6.07) is 11.1. The van der Waals surface area contributed by atoms with Crippen molar-refractivity contribution >= 4 is 68.9 Å². The second-order valence-electron chi connectivity index (χ2n) is 7.53. The summed E-state index contributed by atoms with van der Waals surface area (Å²) in [7, 11) is -7.07.